The van der Waals surface area contributed by atoms with E-state index in [9.17, 15) is 8.42 Å². The van der Waals surface area contributed by atoms with E-state index in [-0.39, 0.29) is 17.6 Å². The van der Waals surface area contributed by atoms with Gasteiger partial charge in [-0.3, -0.25) is 9.71 Å². The highest BCUT2D eigenvalue weighted by Gasteiger charge is 2.41. The summed E-state index contributed by atoms with van der Waals surface area (Å²) < 4.78 is 26.2. The minimum Gasteiger partial charge on any atom is -0.366 e. The summed E-state index contributed by atoms with van der Waals surface area (Å²) in [4.78, 5) is 9.08. The van der Waals surface area contributed by atoms with Crippen LogP contribution >= 0.6 is 12.2 Å². The Balaban J connectivity index is 1.63. The zero-order chi connectivity index (χ0) is 27.4. The Morgan fingerprint density at radius 3 is 2.50 bits per heavy atom. The zero-order valence-electron chi connectivity index (χ0n) is 22.5. The molecule has 0 unspecified atom stereocenters. The first-order valence-electron chi connectivity index (χ1n) is 12.5. The van der Waals surface area contributed by atoms with Crippen LogP contribution in [-0.4, -0.2) is 37.4 Å². The Bertz CT molecular complexity index is 1550. The number of aryl methyl sites for hydroxylation is 1. The van der Waals surface area contributed by atoms with Crippen LogP contribution in [0, 0.1) is 6.92 Å². The average molecular weight is 548 g/mol. The maximum atomic E-state index is 11.8. The lowest BCUT2D eigenvalue weighted by atomic mass is 9.86. The van der Waals surface area contributed by atoms with E-state index in [0.717, 1.165) is 28.8 Å². The van der Waals surface area contributed by atoms with Gasteiger partial charge in [0.05, 0.1) is 35.3 Å². The van der Waals surface area contributed by atoms with Crippen molar-refractivity contribution < 1.29 is 8.42 Å². The molecule has 2 aliphatic rings. The van der Waals surface area contributed by atoms with E-state index in [1.54, 1.807) is 12.3 Å². The molecular weight excluding hydrogens is 514 g/mol. The summed E-state index contributed by atoms with van der Waals surface area (Å²) in [5.74, 6) is 0. The third kappa shape index (κ3) is 4.76. The number of aromatic nitrogens is 1. The normalized spacial score (nSPS) is 20.6. The quantitative estimate of drug-likeness (QED) is 0.405. The molecule has 198 valence electrons. The van der Waals surface area contributed by atoms with Gasteiger partial charge >= 0.3 is 0 Å². The summed E-state index contributed by atoms with van der Waals surface area (Å²) >= 11 is 5.89. The summed E-state index contributed by atoms with van der Waals surface area (Å²) in [7, 11) is -1.26. The Morgan fingerprint density at radius 2 is 1.84 bits per heavy atom. The molecule has 0 spiro atoms. The van der Waals surface area contributed by atoms with Crippen LogP contribution in [0.1, 0.15) is 55.2 Å². The molecule has 2 atom stereocenters. The number of nitrogens with one attached hydrogen (secondary N) is 2. The minimum absolute atomic E-state index is 0.0725. The topological polar surface area (TPSA) is 77.6 Å². The predicted molar refractivity (Wildman–Crippen MR) is 160 cm³/mol. The molecule has 0 amide bonds. The van der Waals surface area contributed by atoms with Crippen molar-refractivity contribution in [1.82, 2.24) is 10.3 Å². The molecule has 38 heavy (non-hydrogen) atoms. The predicted octanol–water partition coefficient (Wildman–Crippen LogP) is 5.57. The molecule has 1 saturated heterocycles. The second-order valence-electron chi connectivity index (χ2n) is 10.7. The average Bonchev–Trinajstić information content (AvgIpc) is 3.20. The van der Waals surface area contributed by atoms with E-state index in [4.69, 9.17) is 12.2 Å². The molecule has 1 fully saturated rings. The van der Waals surface area contributed by atoms with Crippen LogP contribution in [0.15, 0.2) is 66.9 Å². The molecule has 2 aromatic carbocycles. The molecule has 3 aromatic rings. The lowest BCUT2D eigenvalue weighted by molar-refractivity contribution is 0.566. The SMILES string of the molecule is CC1=CC(C)(C)N(C)c2ccc([C@@H]3[C@H](c4ccccn4)NC(=S)N3c3ccc(NS(C)(=O)=O)c(C)c3)cc21. The van der Waals surface area contributed by atoms with E-state index < -0.39 is 10.0 Å². The highest BCUT2D eigenvalue weighted by molar-refractivity contribution is 7.92. The van der Waals surface area contributed by atoms with Crippen LogP contribution in [0.3, 0.4) is 0 Å². The molecule has 0 aliphatic carbocycles. The van der Waals surface area contributed by atoms with Crippen LogP contribution in [0.4, 0.5) is 17.1 Å². The Morgan fingerprint density at radius 1 is 1.08 bits per heavy atom. The monoisotopic (exact) mass is 547 g/mol. The second kappa shape index (κ2) is 9.39. The molecule has 7 nitrogen and oxygen atoms in total. The summed E-state index contributed by atoms with van der Waals surface area (Å²) in [6.07, 6.45) is 5.26. The molecular formula is C29H33N5O2S2. The van der Waals surface area contributed by atoms with E-state index in [2.05, 4.69) is 76.9 Å². The van der Waals surface area contributed by atoms with Crippen LogP contribution in [-0.2, 0) is 10.0 Å². The summed E-state index contributed by atoms with van der Waals surface area (Å²) in [6, 6.07) is 17.9. The Hall–Kier alpha value is -3.43. The van der Waals surface area contributed by atoms with E-state index >= 15 is 0 Å². The fraction of sp³-hybridized carbons (Fsp3) is 0.310. The number of sulfonamides is 1. The van der Waals surface area contributed by atoms with Crippen LogP contribution < -0.4 is 19.8 Å². The zero-order valence-corrected chi connectivity index (χ0v) is 24.1. The van der Waals surface area contributed by atoms with Gasteiger partial charge in [-0.05, 0) is 99.1 Å². The van der Waals surface area contributed by atoms with Crippen molar-refractivity contribution in [2.75, 3.05) is 27.8 Å². The molecule has 2 N–H and O–H groups in total. The van der Waals surface area contributed by atoms with Gasteiger partial charge in [0.15, 0.2) is 5.11 Å². The Kier molecular flexibility index (Phi) is 6.47. The van der Waals surface area contributed by atoms with Crippen LogP contribution in [0.25, 0.3) is 5.57 Å². The maximum Gasteiger partial charge on any atom is 0.229 e. The van der Waals surface area contributed by atoms with E-state index in [0.29, 0.717) is 10.8 Å². The third-order valence-corrected chi connectivity index (χ3v) is 8.37. The second-order valence-corrected chi connectivity index (χ2v) is 12.8. The number of rotatable bonds is 5. The standard InChI is InChI=1S/C29H33N5O2S2/c1-18-15-21(11-12-23(18)32-38(6,35)36)34-27(26(31-28(34)37)24-9-7-8-14-30-24)20-10-13-25-22(16-20)19(2)17-29(3,4)33(25)5/h7-17,26-27,32H,1-6H3,(H,31,37)/t26-,27+/m0/s1. The maximum absolute atomic E-state index is 11.8. The first kappa shape index (κ1) is 26.2. The minimum atomic E-state index is -3.39. The number of pyridine rings is 1. The van der Waals surface area contributed by atoms with Crippen molar-refractivity contribution in [3.05, 3.63) is 89.3 Å². The van der Waals surface area contributed by atoms with E-state index in [1.165, 1.54) is 16.8 Å². The fourth-order valence-corrected chi connectivity index (χ4v) is 6.42. The highest BCUT2D eigenvalue weighted by Crippen LogP contribution is 2.45. The van der Waals surface area contributed by atoms with Crippen molar-refractivity contribution in [3.8, 4) is 0 Å². The lowest BCUT2D eigenvalue weighted by Crippen LogP contribution is -2.42. The van der Waals surface area contributed by atoms with Crippen molar-refractivity contribution >= 4 is 50.0 Å². The molecule has 3 heterocycles. The summed E-state index contributed by atoms with van der Waals surface area (Å²) in [5.41, 5.74) is 7.82. The number of benzene rings is 2. The van der Waals surface area contributed by atoms with Gasteiger partial charge in [0, 0.05) is 30.2 Å². The van der Waals surface area contributed by atoms with Crippen molar-refractivity contribution in [2.45, 2.75) is 45.3 Å². The fourth-order valence-electron chi connectivity index (χ4n) is 5.44. The van der Waals surface area contributed by atoms with Gasteiger partial charge in [-0.1, -0.05) is 18.2 Å². The lowest BCUT2D eigenvalue weighted by Gasteiger charge is -2.41. The van der Waals surface area contributed by atoms with Gasteiger partial charge in [-0.2, -0.15) is 0 Å². The number of nitrogens with zero attached hydrogens (tertiary/aromatic N) is 3. The number of thiocarbonyl (C=S) groups is 1. The summed E-state index contributed by atoms with van der Waals surface area (Å²) in [6.45, 7) is 8.49. The number of anilines is 3. The van der Waals surface area contributed by atoms with Crippen molar-refractivity contribution in [2.24, 2.45) is 0 Å². The molecule has 1 aromatic heterocycles. The first-order chi connectivity index (χ1) is 17.9. The summed E-state index contributed by atoms with van der Waals surface area (Å²) in [5, 5.41) is 4.11. The highest BCUT2D eigenvalue weighted by atomic mass is 32.2. The number of fused-ring (bicyclic) bond motifs is 1. The van der Waals surface area contributed by atoms with Crippen molar-refractivity contribution in [3.63, 3.8) is 0 Å². The molecule has 2 aliphatic heterocycles. The van der Waals surface area contributed by atoms with Gasteiger partial charge in [0.25, 0.3) is 0 Å². The molecule has 0 saturated carbocycles. The van der Waals surface area contributed by atoms with Gasteiger partial charge < -0.3 is 15.1 Å². The van der Waals surface area contributed by atoms with Crippen LogP contribution in [0.5, 0.6) is 0 Å². The number of hydrogen-bond acceptors (Lipinski definition) is 5. The van der Waals surface area contributed by atoms with Crippen molar-refractivity contribution in [1.29, 1.82) is 0 Å². The third-order valence-electron chi connectivity index (χ3n) is 7.46. The number of likely N-dealkylation sites (N-methyl/N-ethyl adjacent to an activating group) is 1. The van der Waals surface area contributed by atoms with E-state index in [1.807, 2.05) is 37.3 Å². The van der Waals surface area contributed by atoms with Gasteiger partial charge in [0.1, 0.15) is 0 Å². The number of allylic oxidation sites excluding steroid dienone is 1. The van der Waals surface area contributed by atoms with Crippen LogP contribution in [0.2, 0.25) is 0 Å². The molecule has 0 bridgehead atoms. The van der Waals surface area contributed by atoms with Gasteiger partial charge in [-0.25, -0.2) is 8.42 Å². The largest absolute Gasteiger partial charge is 0.366 e. The number of hydrogen-bond donors (Lipinski definition) is 2. The van der Waals surface area contributed by atoms with Gasteiger partial charge in [-0.15, -0.1) is 0 Å². The molecule has 5 rings (SSSR count). The Labute approximate surface area is 230 Å². The van der Waals surface area contributed by atoms with Gasteiger partial charge in [0.2, 0.25) is 10.0 Å². The first-order valence-corrected chi connectivity index (χ1v) is 14.8. The smallest absolute Gasteiger partial charge is 0.229 e. The molecule has 9 heteroatoms. The molecule has 0 radical (unpaired) electrons.